The molecule has 33 heavy (non-hydrogen) atoms. The fraction of sp³-hybridized carbons (Fsp3) is 0.0909. The van der Waals surface area contributed by atoms with Crippen LogP contribution in [0.25, 0.3) is 6.08 Å². The third kappa shape index (κ3) is 6.60. The molecule has 0 saturated heterocycles. The number of anilines is 3. The lowest BCUT2D eigenvalue weighted by atomic mass is 10.2. The highest BCUT2D eigenvalue weighted by Gasteiger charge is 2.31. The van der Waals surface area contributed by atoms with E-state index in [9.17, 15) is 27.2 Å². The maximum atomic E-state index is 13.1. The van der Waals surface area contributed by atoms with Crippen molar-refractivity contribution in [1.29, 1.82) is 0 Å². The normalized spacial score (nSPS) is 11.4. The number of alkyl halides is 3. The maximum Gasteiger partial charge on any atom is 0.433 e. The Morgan fingerprint density at radius 3 is 2.39 bits per heavy atom. The molecule has 170 valence electrons. The number of halogens is 4. The first-order valence-electron chi connectivity index (χ1n) is 9.44. The molecule has 3 aromatic rings. The van der Waals surface area contributed by atoms with Crippen LogP contribution in [0, 0.1) is 5.82 Å². The number of pyridine rings is 2. The Morgan fingerprint density at radius 1 is 1.00 bits per heavy atom. The summed E-state index contributed by atoms with van der Waals surface area (Å²) in [6.07, 6.45) is 0.726. The number of nitrogens with one attached hydrogen (secondary N) is 2. The summed E-state index contributed by atoms with van der Waals surface area (Å²) in [6.45, 7) is 0. The van der Waals surface area contributed by atoms with Gasteiger partial charge in [0.15, 0.2) is 0 Å². The zero-order valence-electron chi connectivity index (χ0n) is 16.9. The minimum atomic E-state index is -4.51. The van der Waals surface area contributed by atoms with Crippen molar-refractivity contribution in [3.63, 3.8) is 0 Å². The minimum Gasteiger partial charge on any atom is -0.397 e. The van der Waals surface area contributed by atoms with E-state index in [0.29, 0.717) is 11.3 Å². The Bertz CT molecular complexity index is 1180. The number of aromatic nitrogens is 2. The van der Waals surface area contributed by atoms with Gasteiger partial charge in [0, 0.05) is 12.6 Å². The third-order valence-electron chi connectivity index (χ3n) is 4.23. The molecule has 2 amide bonds. The van der Waals surface area contributed by atoms with Crippen molar-refractivity contribution in [2.24, 2.45) is 0 Å². The lowest BCUT2D eigenvalue weighted by Gasteiger charge is -2.08. The second-order valence-corrected chi connectivity index (χ2v) is 6.75. The molecule has 1 aromatic carbocycles. The van der Waals surface area contributed by atoms with Gasteiger partial charge in [0.05, 0.1) is 23.3 Å². The Morgan fingerprint density at radius 2 is 1.79 bits per heavy atom. The quantitative estimate of drug-likeness (QED) is 0.371. The number of nitrogens with zero attached hydrogens (tertiary/aromatic N) is 2. The second-order valence-electron chi connectivity index (χ2n) is 6.75. The fourth-order valence-corrected chi connectivity index (χ4v) is 2.62. The first-order chi connectivity index (χ1) is 15.6. The number of hydrogen-bond donors (Lipinski definition) is 3. The number of nitrogen functional groups attached to an aromatic ring is 1. The molecule has 2 heterocycles. The zero-order valence-corrected chi connectivity index (χ0v) is 16.9. The average Bonchev–Trinajstić information content (AvgIpc) is 2.76. The number of amides is 2. The molecule has 2 aromatic heterocycles. The van der Waals surface area contributed by atoms with E-state index < -0.39 is 29.5 Å². The van der Waals surface area contributed by atoms with E-state index in [2.05, 4.69) is 20.6 Å². The lowest BCUT2D eigenvalue weighted by molar-refractivity contribution is -0.141. The van der Waals surface area contributed by atoms with Crippen molar-refractivity contribution in [3.8, 4) is 0 Å². The Hall–Kier alpha value is -4.28. The molecular formula is C22H17F4N5O2. The number of rotatable bonds is 6. The first kappa shape index (κ1) is 23.4. The van der Waals surface area contributed by atoms with Gasteiger partial charge in [-0.25, -0.2) is 9.37 Å². The summed E-state index contributed by atoms with van der Waals surface area (Å²) < 4.78 is 50.6. The number of carbonyl (C=O) groups is 2. The van der Waals surface area contributed by atoms with Gasteiger partial charge in [-0.2, -0.15) is 13.2 Å². The second kappa shape index (κ2) is 9.90. The Balaban J connectivity index is 1.52. The molecule has 4 N–H and O–H groups in total. The van der Waals surface area contributed by atoms with E-state index in [-0.39, 0.29) is 23.5 Å². The molecule has 0 bridgehead atoms. The van der Waals surface area contributed by atoms with Crippen molar-refractivity contribution in [1.82, 2.24) is 9.97 Å². The highest BCUT2D eigenvalue weighted by atomic mass is 19.4. The van der Waals surface area contributed by atoms with Gasteiger partial charge in [-0.3, -0.25) is 14.6 Å². The molecule has 0 aliphatic rings. The van der Waals surface area contributed by atoms with Crippen LogP contribution < -0.4 is 16.4 Å². The van der Waals surface area contributed by atoms with Gasteiger partial charge in [0.25, 0.3) is 5.91 Å². The smallest absolute Gasteiger partial charge is 0.397 e. The predicted octanol–water partition coefficient (Wildman–Crippen LogP) is 4.51. The van der Waals surface area contributed by atoms with Crippen LogP contribution in [0.4, 0.5) is 34.6 Å². The number of hydrogen-bond acceptors (Lipinski definition) is 5. The first-order valence-corrected chi connectivity index (χ1v) is 9.44. The highest BCUT2D eigenvalue weighted by Crippen LogP contribution is 2.27. The molecule has 11 heteroatoms. The topological polar surface area (TPSA) is 110 Å². The van der Waals surface area contributed by atoms with Crippen LogP contribution in [-0.4, -0.2) is 21.8 Å². The van der Waals surface area contributed by atoms with E-state index in [0.717, 1.165) is 24.4 Å². The van der Waals surface area contributed by atoms with Crippen LogP contribution in [0.1, 0.15) is 28.2 Å². The number of carbonyl (C=O) groups excluding carboxylic acids is 2. The molecule has 0 fully saturated rings. The molecule has 3 rings (SSSR count). The van der Waals surface area contributed by atoms with Crippen LogP contribution >= 0.6 is 0 Å². The SMILES string of the molecule is Nc1cc(F)ccc1NC(=O)c1ccc(NC(=O)C/C=C/c2ccc(C(F)(F)F)nc2)cn1. The predicted molar refractivity (Wildman–Crippen MR) is 115 cm³/mol. The maximum absolute atomic E-state index is 13.1. The van der Waals surface area contributed by atoms with Crippen LogP contribution in [0.3, 0.4) is 0 Å². The number of nitrogens with two attached hydrogens (primary N) is 1. The van der Waals surface area contributed by atoms with E-state index in [1.165, 1.54) is 42.6 Å². The summed E-state index contributed by atoms with van der Waals surface area (Å²) in [5, 5.41) is 5.09. The van der Waals surface area contributed by atoms with Gasteiger partial charge in [-0.1, -0.05) is 18.2 Å². The van der Waals surface area contributed by atoms with E-state index in [1.54, 1.807) is 0 Å². The standard InChI is InChI=1S/C22H17F4N5O2/c23-14-5-7-17(16(27)10-14)31-21(33)18-8-6-15(12-28-18)30-20(32)3-1-2-13-4-9-19(29-11-13)22(24,25)26/h1-2,4-12H,3,27H2,(H,30,32)(H,31,33)/b2-1+. The third-order valence-corrected chi connectivity index (χ3v) is 4.23. The van der Waals surface area contributed by atoms with Crippen molar-refractivity contribution < 1.29 is 27.2 Å². The summed E-state index contributed by atoms with van der Waals surface area (Å²) in [6, 6.07) is 8.51. The Kier molecular flexibility index (Phi) is 7.01. The highest BCUT2D eigenvalue weighted by molar-refractivity contribution is 6.04. The van der Waals surface area contributed by atoms with Crippen molar-refractivity contribution in [2.45, 2.75) is 12.6 Å². The average molecular weight is 459 g/mol. The van der Waals surface area contributed by atoms with Crippen LogP contribution in [0.2, 0.25) is 0 Å². The van der Waals surface area contributed by atoms with Crippen molar-refractivity contribution in [2.75, 3.05) is 16.4 Å². The molecule has 0 atom stereocenters. The van der Waals surface area contributed by atoms with Gasteiger partial charge in [-0.05, 0) is 42.0 Å². The Labute approximate surface area is 185 Å². The van der Waals surface area contributed by atoms with Crippen molar-refractivity contribution in [3.05, 3.63) is 83.7 Å². The van der Waals surface area contributed by atoms with Crippen molar-refractivity contribution >= 4 is 35.0 Å². The summed E-state index contributed by atoms with van der Waals surface area (Å²) in [7, 11) is 0. The zero-order chi connectivity index (χ0) is 24.0. The molecule has 7 nitrogen and oxygen atoms in total. The van der Waals surface area contributed by atoms with Crippen LogP contribution in [0.15, 0.2) is 60.9 Å². The molecule has 0 aliphatic carbocycles. The van der Waals surface area contributed by atoms with E-state index >= 15 is 0 Å². The molecule has 0 radical (unpaired) electrons. The molecule has 0 unspecified atom stereocenters. The van der Waals surface area contributed by atoms with Gasteiger partial charge >= 0.3 is 6.18 Å². The number of benzene rings is 1. The van der Waals surface area contributed by atoms with Gasteiger partial charge in [0.1, 0.15) is 17.2 Å². The van der Waals surface area contributed by atoms with Gasteiger partial charge < -0.3 is 16.4 Å². The van der Waals surface area contributed by atoms with Crippen LogP contribution in [0.5, 0.6) is 0 Å². The van der Waals surface area contributed by atoms with Gasteiger partial charge in [0.2, 0.25) is 5.91 Å². The van der Waals surface area contributed by atoms with E-state index in [4.69, 9.17) is 5.73 Å². The van der Waals surface area contributed by atoms with Crippen LogP contribution in [-0.2, 0) is 11.0 Å². The largest absolute Gasteiger partial charge is 0.433 e. The summed E-state index contributed by atoms with van der Waals surface area (Å²) >= 11 is 0. The summed E-state index contributed by atoms with van der Waals surface area (Å²) in [5.74, 6) is -1.50. The molecule has 0 saturated carbocycles. The fourth-order valence-electron chi connectivity index (χ4n) is 2.62. The minimum absolute atomic E-state index is 0.0476. The van der Waals surface area contributed by atoms with E-state index in [1.807, 2.05) is 0 Å². The summed E-state index contributed by atoms with van der Waals surface area (Å²) in [4.78, 5) is 31.6. The monoisotopic (exact) mass is 459 g/mol. The van der Waals surface area contributed by atoms with Gasteiger partial charge in [-0.15, -0.1) is 0 Å². The lowest BCUT2D eigenvalue weighted by Crippen LogP contribution is -2.15. The summed E-state index contributed by atoms with van der Waals surface area (Å²) in [5.41, 5.74) is 5.74. The molecular weight excluding hydrogens is 442 g/mol. The molecule has 0 spiro atoms. The molecule has 0 aliphatic heterocycles.